The zero-order chi connectivity index (χ0) is 18.8. The molecule has 9 heteroatoms. The van der Waals surface area contributed by atoms with Gasteiger partial charge >= 0.3 is 12.1 Å². The molecule has 0 spiro atoms. The van der Waals surface area contributed by atoms with Gasteiger partial charge in [-0.25, -0.2) is 5.41 Å². The Morgan fingerprint density at radius 1 is 1.04 bits per heavy atom. The number of rotatable bonds is 3. The molecule has 132 valence electrons. The van der Waals surface area contributed by atoms with E-state index < -0.39 is 11.7 Å². The molecule has 0 radical (unpaired) electrons. The Morgan fingerprint density at radius 3 is 2.04 bits per heavy atom. The van der Waals surface area contributed by atoms with E-state index in [0.29, 0.717) is 22.7 Å². The standard InChI is InChI=1S/C16H10Cl3F3N2O/c17-10-3-1-8(2-4-10)13(23)7-14(24)25-15-11(18)5-9(6-12(15)19)16(20,21)22/h1-7,24H,23H2/p+1/b13-7-,24-14?. The summed E-state index contributed by atoms with van der Waals surface area (Å²) >= 11 is 17.4. The van der Waals surface area contributed by atoms with Crippen molar-refractivity contribution in [2.24, 2.45) is 5.73 Å². The Bertz CT molecular complexity index is 811. The van der Waals surface area contributed by atoms with E-state index >= 15 is 0 Å². The minimum absolute atomic E-state index is 0.198. The maximum atomic E-state index is 12.7. The van der Waals surface area contributed by atoms with Gasteiger partial charge in [0.1, 0.15) is 0 Å². The second-order valence-electron chi connectivity index (χ2n) is 4.88. The maximum absolute atomic E-state index is 12.7. The highest BCUT2D eigenvalue weighted by molar-refractivity contribution is 6.37. The highest BCUT2D eigenvalue weighted by Gasteiger charge is 2.32. The van der Waals surface area contributed by atoms with Crippen LogP contribution in [0.2, 0.25) is 15.1 Å². The third-order valence-corrected chi connectivity index (χ3v) is 3.83. The first kappa shape index (κ1) is 19.4. The van der Waals surface area contributed by atoms with Crippen LogP contribution in [-0.4, -0.2) is 5.90 Å². The van der Waals surface area contributed by atoms with Crippen molar-refractivity contribution in [2.75, 3.05) is 0 Å². The first-order valence-corrected chi connectivity index (χ1v) is 7.81. The SMILES string of the molecule is N/C(=C\C(=[NH2+])Oc1c(Cl)cc(C(F)(F)F)cc1Cl)c1ccc(Cl)cc1. The van der Waals surface area contributed by atoms with Crippen molar-refractivity contribution in [1.29, 1.82) is 0 Å². The normalized spacial score (nSPS) is 12.2. The lowest BCUT2D eigenvalue weighted by Gasteiger charge is -2.11. The Balaban J connectivity index is 2.23. The molecule has 0 aromatic heterocycles. The average Bonchev–Trinajstić information content (AvgIpc) is 2.50. The van der Waals surface area contributed by atoms with E-state index in [2.05, 4.69) is 0 Å². The van der Waals surface area contributed by atoms with Gasteiger partial charge in [0.2, 0.25) is 0 Å². The van der Waals surface area contributed by atoms with E-state index in [-0.39, 0.29) is 27.4 Å². The van der Waals surface area contributed by atoms with Crippen molar-refractivity contribution in [3.05, 3.63) is 68.7 Å². The average molecular weight is 411 g/mol. The summed E-state index contributed by atoms with van der Waals surface area (Å²) in [6, 6.07) is 8.00. The van der Waals surface area contributed by atoms with Crippen LogP contribution in [0.25, 0.3) is 5.70 Å². The van der Waals surface area contributed by atoms with Gasteiger partial charge in [-0.05, 0) is 29.8 Å². The zero-order valence-corrected chi connectivity index (χ0v) is 14.6. The molecule has 2 aromatic rings. The van der Waals surface area contributed by atoms with Crippen molar-refractivity contribution in [2.45, 2.75) is 6.18 Å². The van der Waals surface area contributed by atoms with E-state index in [1.54, 1.807) is 24.3 Å². The summed E-state index contributed by atoms with van der Waals surface area (Å²) in [5, 5.41) is 5.58. The Morgan fingerprint density at radius 2 is 1.56 bits per heavy atom. The van der Waals surface area contributed by atoms with Gasteiger partial charge in [-0.1, -0.05) is 46.9 Å². The number of ether oxygens (including phenoxy) is 1. The van der Waals surface area contributed by atoms with E-state index in [1.807, 2.05) is 0 Å². The lowest BCUT2D eigenvalue weighted by molar-refractivity contribution is -0.137. The van der Waals surface area contributed by atoms with Gasteiger partial charge in [0.15, 0.2) is 5.75 Å². The van der Waals surface area contributed by atoms with Crippen LogP contribution in [0.5, 0.6) is 5.75 Å². The van der Waals surface area contributed by atoms with E-state index in [0.717, 1.165) is 0 Å². The Kier molecular flexibility index (Phi) is 5.87. The summed E-state index contributed by atoms with van der Waals surface area (Å²) in [5.74, 6) is -0.398. The molecule has 0 heterocycles. The number of alkyl halides is 3. The fourth-order valence-electron chi connectivity index (χ4n) is 1.85. The highest BCUT2D eigenvalue weighted by atomic mass is 35.5. The molecule has 2 rings (SSSR count). The number of halogens is 6. The first-order valence-electron chi connectivity index (χ1n) is 6.67. The van der Waals surface area contributed by atoms with Crippen LogP contribution in [0.15, 0.2) is 42.5 Å². The molecular weight excluding hydrogens is 400 g/mol. The van der Waals surface area contributed by atoms with Crippen molar-refractivity contribution in [3.8, 4) is 5.75 Å². The van der Waals surface area contributed by atoms with Crippen LogP contribution in [0.4, 0.5) is 13.2 Å². The molecule has 0 aliphatic rings. The minimum Gasteiger partial charge on any atom is -0.402 e. The molecule has 3 nitrogen and oxygen atoms in total. The molecular formula is C16H11Cl3F3N2O+. The van der Waals surface area contributed by atoms with Gasteiger partial charge < -0.3 is 10.5 Å². The molecule has 25 heavy (non-hydrogen) atoms. The third-order valence-electron chi connectivity index (χ3n) is 3.02. The summed E-state index contributed by atoms with van der Waals surface area (Å²) in [6.07, 6.45) is -3.30. The Hall–Kier alpha value is -1.89. The highest BCUT2D eigenvalue weighted by Crippen LogP contribution is 2.39. The van der Waals surface area contributed by atoms with Gasteiger partial charge in [0.25, 0.3) is 0 Å². The molecule has 2 aromatic carbocycles. The van der Waals surface area contributed by atoms with Gasteiger partial charge in [0, 0.05) is 10.7 Å². The summed E-state index contributed by atoms with van der Waals surface area (Å²) in [7, 11) is 0. The molecule has 0 fully saturated rings. The van der Waals surface area contributed by atoms with E-state index in [9.17, 15) is 13.2 Å². The van der Waals surface area contributed by atoms with E-state index in [4.69, 9.17) is 50.7 Å². The number of hydrogen-bond acceptors (Lipinski definition) is 2. The molecule has 0 saturated heterocycles. The van der Waals surface area contributed by atoms with Crippen LogP contribution >= 0.6 is 34.8 Å². The predicted octanol–water partition coefficient (Wildman–Crippen LogP) is 4.20. The maximum Gasteiger partial charge on any atom is 0.416 e. The lowest BCUT2D eigenvalue weighted by Crippen LogP contribution is -2.42. The number of hydrogen-bond donors (Lipinski definition) is 2. The third kappa shape index (κ3) is 5.04. The smallest absolute Gasteiger partial charge is 0.402 e. The van der Waals surface area contributed by atoms with Crippen LogP contribution in [0.1, 0.15) is 11.1 Å². The van der Waals surface area contributed by atoms with Gasteiger partial charge in [-0.15, -0.1) is 0 Å². The van der Waals surface area contributed by atoms with Crippen molar-refractivity contribution in [1.82, 2.24) is 0 Å². The zero-order valence-electron chi connectivity index (χ0n) is 12.4. The number of nitrogens with two attached hydrogens (primary N) is 2. The van der Waals surface area contributed by atoms with Gasteiger partial charge in [-0.2, -0.15) is 13.2 Å². The lowest BCUT2D eigenvalue weighted by atomic mass is 10.1. The minimum atomic E-state index is -4.58. The summed E-state index contributed by atoms with van der Waals surface area (Å²) in [6.45, 7) is 0. The molecule has 4 N–H and O–H groups in total. The fourth-order valence-corrected chi connectivity index (χ4v) is 2.54. The summed E-state index contributed by atoms with van der Waals surface area (Å²) in [5.41, 5.74) is 5.77. The molecule has 0 unspecified atom stereocenters. The van der Waals surface area contributed by atoms with Gasteiger partial charge in [-0.3, -0.25) is 0 Å². The molecule has 0 aliphatic carbocycles. The monoisotopic (exact) mass is 409 g/mol. The largest absolute Gasteiger partial charge is 0.416 e. The van der Waals surface area contributed by atoms with Crippen molar-refractivity contribution >= 4 is 46.4 Å². The first-order chi connectivity index (χ1) is 11.6. The van der Waals surface area contributed by atoms with Crippen molar-refractivity contribution in [3.63, 3.8) is 0 Å². The molecule has 0 atom stereocenters. The molecule has 0 bridgehead atoms. The van der Waals surface area contributed by atoms with Crippen LogP contribution < -0.4 is 15.9 Å². The quantitative estimate of drug-likeness (QED) is 0.588. The molecule has 0 saturated carbocycles. The van der Waals surface area contributed by atoms with Crippen LogP contribution in [0, 0.1) is 0 Å². The Labute approximate surface area is 156 Å². The molecule has 0 amide bonds. The second kappa shape index (κ2) is 7.56. The summed E-state index contributed by atoms with van der Waals surface area (Å²) < 4.78 is 43.4. The van der Waals surface area contributed by atoms with Crippen molar-refractivity contribution < 1.29 is 23.3 Å². The van der Waals surface area contributed by atoms with Gasteiger partial charge in [0.05, 0.1) is 21.7 Å². The van der Waals surface area contributed by atoms with E-state index in [1.165, 1.54) is 6.08 Å². The predicted molar refractivity (Wildman–Crippen MR) is 92.6 cm³/mol. The van der Waals surface area contributed by atoms with Crippen LogP contribution in [0.3, 0.4) is 0 Å². The fraction of sp³-hybridized carbons (Fsp3) is 0.0625. The topological polar surface area (TPSA) is 60.8 Å². The second-order valence-corrected chi connectivity index (χ2v) is 6.13. The van der Waals surface area contributed by atoms with Crippen LogP contribution in [-0.2, 0) is 6.18 Å². The number of benzene rings is 2. The molecule has 0 aliphatic heterocycles. The summed E-state index contributed by atoms with van der Waals surface area (Å²) in [4.78, 5) is 0.